The van der Waals surface area contributed by atoms with Gasteiger partial charge in [0.1, 0.15) is 11.7 Å². The highest BCUT2D eigenvalue weighted by Crippen LogP contribution is 2.46. The van der Waals surface area contributed by atoms with Gasteiger partial charge in [-0.05, 0) is 43.4 Å². The van der Waals surface area contributed by atoms with Gasteiger partial charge in [0.05, 0.1) is 32.3 Å². The number of hydrogen-bond donors (Lipinski definition) is 0. The maximum Gasteiger partial charge on any atom is 0.336 e. The van der Waals surface area contributed by atoms with E-state index in [0.29, 0.717) is 35.6 Å². The molecule has 1 fully saturated rings. The standard InChI is InChI=1S/C24H29NO6/c1-6-10-31-24(28)19-14(3)25-17-11-13(2)18(23(27)30-5)22(26)21(17)20(19)15-8-7-9-16(12-15)29-4/h7-9,12-13,18,20-21H,6,10-11H2,1-5H3/t13-,18+,20-,21+/m1/s1. The summed E-state index contributed by atoms with van der Waals surface area (Å²) < 4.78 is 15.7. The molecule has 3 rings (SSSR count). The summed E-state index contributed by atoms with van der Waals surface area (Å²) in [6.07, 6.45) is 1.16. The molecule has 0 unspecified atom stereocenters. The molecular formula is C24H29NO6. The van der Waals surface area contributed by atoms with Crippen molar-refractivity contribution in [1.29, 1.82) is 0 Å². The molecular weight excluding hydrogens is 398 g/mol. The molecule has 1 saturated carbocycles. The van der Waals surface area contributed by atoms with Crippen LogP contribution in [0.25, 0.3) is 0 Å². The number of benzene rings is 1. The maximum atomic E-state index is 13.6. The zero-order chi connectivity index (χ0) is 22.7. The topological polar surface area (TPSA) is 91.3 Å². The fourth-order valence-electron chi connectivity index (χ4n) is 4.57. The van der Waals surface area contributed by atoms with E-state index in [2.05, 4.69) is 4.99 Å². The van der Waals surface area contributed by atoms with E-state index in [-0.39, 0.29) is 18.3 Å². The molecule has 1 aliphatic carbocycles. The van der Waals surface area contributed by atoms with Crippen molar-refractivity contribution < 1.29 is 28.6 Å². The van der Waals surface area contributed by atoms with Crippen LogP contribution in [-0.2, 0) is 23.9 Å². The van der Waals surface area contributed by atoms with Crippen LogP contribution in [0, 0.1) is 17.8 Å². The van der Waals surface area contributed by atoms with Gasteiger partial charge in [-0.3, -0.25) is 14.6 Å². The number of methoxy groups -OCH3 is 2. The number of allylic oxidation sites excluding steroid dienone is 1. The maximum absolute atomic E-state index is 13.6. The van der Waals surface area contributed by atoms with Gasteiger partial charge < -0.3 is 14.2 Å². The number of fused-ring (bicyclic) bond motifs is 1. The third-order valence-electron chi connectivity index (χ3n) is 5.98. The van der Waals surface area contributed by atoms with Gasteiger partial charge in [-0.1, -0.05) is 26.0 Å². The Bertz CT molecular complexity index is 947. The van der Waals surface area contributed by atoms with Gasteiger partial charge in [0.25, 0.3) is 0 Å². The average Bonchev–Trinajstić information content (AvgIpc) is 2.76. The summed E-state index contributed by atoms with van der Waals surface area (Å²) in [5.74, 6) is -3.18. The Hall–Kier alpha value is -2.96. The SMILES string of the molecule is CCCOC(=O)C1=C(C)N=C2C[C@@H](C)[C@H](C(=O)OC)C(=O)[C@@H]2[C@@H]1c1cccc(OC)c1. The number of ether oxygens (including phenoxy) is 3. The molecule has 2 aliphatic rings. The van der Waals surface area contributed by atoms with Crippen LogP contribution >= 0.6 is 0 Å². The first kappa shape index (κ1) is 22.7. The van der Waals surface area contributed by atoms with E-state index in [1.54, 1.807) is 20.1 Å². The summed E-state index contributed by atoms with van der Waals surface area (Å²) >= 11 is 0. The minimum absolute atomic E-state index is 0.234. The molecule has 0 bridgehead atoms. The van der Waals surface area contributed by atoms with Crippen LogP contribution in [0.15, 0.2) is 40.5 Å². The zero-order valence-electron chi connectivity index (χ0n) is 18.6. The lowest BCUT2D eigenvalue weighted by molar-refractivity contribution is -0.152. The van der Waals surface area contributed by atoms with Gasteiger partial charge in [0, 0.05) is 17.3 Å². The summed E-state index contributed by atoms with van der Waals surface area (Å²) in [5, 5.41) is 0. The molecule has 31 heavy (non-hydrogen) atoms. The second kappa shape index (κ2) is 9.45. The predicted molar refractivity (Wildman–Crippen MR) is 115 cm³/mol. The van der Waals surface area contributed by atoms with Crippen LogP contribution in [0.1, 0.15) is 45.1 Å². The third kappa shape index (κ3) is 4.27. The summed E-state index contributed by atoms with van der Waals surface area (Å²) in [6.45, 7) is 5.80. The van der Waals surface area contributed by atoms with E-state index >= 15 is 0 Å². The van der Waals surface area contributed by atoms with Crippen molar-refractivity contribution in [3.05, 3.63) is 41.1 Å². The van der Waals surface area contributed by atoms with Crippen LogP contribution in [-0.4, -0.2) is 44.3 Å². The number of aliphatic imine (C=N–C) groups is 1. The number of Topliss-reactive ketones (excluding diaryl/α,β-unsaturated/α-hetero) is 1. The van der Waals surface area contributed by atoms with E-state index in [1.807, 2.05) is 32.0 Å². The van der Waals surface area contributed by atoms with Gasteiger partial charge >= 0.3 is 11.9 Å². The smallest absolute Gasteiger partial charge is 0.336 e. The minimum Gasteiger partial charge on any atom is -0.497 e. The summed E-state index contributed by atoms with van der Waals surface area (Å²) in [4.78, 5) is 43.7. The Balaban J connectivity index is 2.16. The highest BCUT2D eigenvalue weighted by molar-refractivity contribution is 6.17. The summed E-state index contributed by atoms with van der Waals surface area (Å²) in [6, 6.07) is 7.29. The Morgan fingerprint density at radius 2 is 1.94 bits per heavy atom. The van der Waals surface area contributed by atoms with Crippen molar-refractivity contribution in [2.45, 2.75) is 39.5 Å². The van der Waals surface area contributed by atoms with E-state index in [4.69, 9.17) is 14.2 Å². The van der Waals surface area contributed by atoms with Crippen molar-refractivity contribution in [1.82, 2.24) is 0 Å². The molecule has 1 aromatic rings. The highest BCUT2D eigenvalue weighted by atomic mass is 16.5. The summed E-state index contributed by atoms with van der Waals surface area (Å²) in [5.41, 5.74) is 2.32. The van der Waals surface area contributed by atoms with Crippen LogP contribution in [0.5, 0.6) is 5.75 Å². The monoisotopic (exact) mass is 427 g/mol. The van der Waals surface area contributed by atoms with Gasteiger partial charge in [-0.15, -0.1) is 0 Å². The first-order chi connectivity index (χ1) is 14.8. The lowest BCUT2D eigenvalue weighted by Crippen LogP contribution is -2.48. The zero-order valence-corrected chi connectivity index (χ0v) is 18.6. The molecule has 7 heteroatoms. The largest absolute Gasteiger partial charge is 0.497 e. The van der Waals surface area contributed by atoms with Gasteiger partial charge in [-0.25, -0.2) is 4.79 Å². The number of carbonyl (C=O) groups excluding carboxylic acids is 3. The van der Waals surface area contributed by atoms with Gasteiger partial charge in [0.15, 0.2) is 5.78 Å². The van der Waals surface area contributed by atoms with E-state index in [9.17, 15) is 14.4 Å². The molecule has 1 heterocycles. The quantitative estimate of drug-likeness (QED) is 0.510. The molecule has 0 aromatic heterocycles. The number of esters is 2. The molecule has 0 saturated heterocycles. The van der Waals surface area contributed by atoms with Crippen molar-refractivity contribution in [2.24, 2.45) is 22.7 Å². The Kier molecular flexibility index (Phi) is 6.93. The minimum atomic E-state index is -0.895. The molecule has 0 N–H and O–H groups in total. The molecule has 1 aliphatic heterocycles. The molecule has 7 nitrogen and oxygen atoms in total. The van der Waals surface area contributed by atoms with Gasteiger partial charge in [0.2, 0.25) is 0 Å². The lowest BCUT2D eigenvalue weighted by atomic mass is 9.63. The number of nitrogens with zero attached hydrogens (tertiary/aromatic N) is 1. The van der Waals surface area contributed by atoms with E-state index in [0.717, 1.165) is 5.56 Å². The van der Waals surface area contributed by atoms with Crippen LogP contribution in [0.3, 0.4) is 0 Å². The van der Waals surface area contributed by atoms with Crippen LogP contribution in [0.2, 0.25) is 0 Å². The third-order valence-corrected chi connectivity index (χ3v) is 5.98. The van der Waals surface area contributed by atoms with E-state index in [1.165, 1.54) is 7.11 Å². The second-order valence-electron chi connectivity index (χ2n) is 8.05. The van der Waals surface area contributed by atoms with Crippen molar-refractivity contribution in [3.63, 3.8) is 0 Å². The predicted octanol–water partition coefficient (Wildman–Crippen LogP) is 3.47. The fraction of sp³-hybridized carbons (Fsp3) is 0.500. The van der Waals surface area contributed by atoms with Crippen molar-refractivity contribution in [3.8, 4) is 5.75 Å². The van der Waals surface area contributed by atoms with Crippen LogP contribution < -0.4 is 4.74 Å². The molecule has 1 aromatic carbocycles. The Morgan fingerprint density at radius 1 is 1.19 bits per heavy atom. The van der Waals surface area contributed by atoms with Crippen molar-refractivity contribution >= 4 is 23.4 Å². The van der Waals surface area contributed by atoms with E-state index < -0.39 is 29.7 Å². The number of ketones is 1. The van der Waals surface area contributed by atoms with Crippen LogP contribution in [0.4, 0.5) is 0 Å². The fourth-order valence-corrected chi connectivity index (χ4v) is 4.57. The Morgan fingerprint density at radius 3 is 2.58 bits per heavy atom. The normalized spacial score (nSPS) is 25.5. The summed E-state index contributed by atoms with van der Waals surface area (Å²) in [7, 11) is 2.84. The first-order valence-corrected chi connectivity index (χ1v) is 10.5. The Labute approximate surface area is 182 Å². The number of rotatable bonds is 6. The number of carbonyl (C=O) groups is 3. The molecule has 0 amide bonds. The van der Waals surface area contributed by atoms with Gasteiger partial charge in [-0.2, -0.15) is 0 Å². The first-order valence-electron chi connectivity index (χ1n) is 10.5. The lowest BCUT2D eigenvalue weighted by Gasteiger charge is -2.40. The molecule has 166 valence electrons. The molecule has 0 spiro atoms. The molecule has 4 atom stereocenters. The van der Waals surface area contributed by atoms with Crippen molar-refractivity contribution in [2.75, 3.05) is 20.8 Å². The number of hydrogen-bond acceptors (Lipinski definition) is 7. The highest BCUT2D eigenvalue weighted by Gasteiger charge is 2.51. The molecule has 0 radical (unpaired) electrons. The average molecular weight is 427 g/mol. The second-order valence-corrected chi connectivity index (χ2v) is 8.05.